The fourth-order valence-corrected chi connectivity index (χ4v) is 4.32. The van der Waals surface area contributed by atoms with Gasteiger partial charge in [0.25, 0.3) is 0 Å². The standard InChI is InChI=1S/C23H30BrN3O4S/c1-5-13-25-23(29)18(3)26(15-19-8-6-7-17(2)14-19)22(28)16-27(32(4,30)31)21-11-9-20(24)10-12-21/h6-12,14,18H,5,13,15-16H2,1-4H3,(H,25,29). The van der Waals surface area contributed by atoms with Crippen LogP contribution in [0.4, 0.5) is 5.69 Å². The van der Waals surface area contributed by atoms with E-state index in [1.807, 2.05) is 38.1 Å². The van der Waals surface area contributed by atoms with Crippen molar-refractivity contribution >= 4 is 43.5 Å². The number of aryl methyl sites for hydroxylation is 1. The van der Waals surface area contributed by atoms with Gasteiger partial charge in [0.05, 0.1) is 11.9 Å². The highest BCUT2D eigenvalue weighted by atomic mass is 79.9. The van der Waals surface area contributed by atoms with Crippen molar-refractivity contribution in [3.05, 3.63) is 64.1 Å². The van der Waals surface area contributed by atoms with E-state index in [0.29, 0.717) is 12.2 Å². The molecule has 0 saturated carbocycles. The number of anilines is 1. The van der Waals surface area contributed by atoms with E-state index in [2.05, 4.69) is 21.2 Å². The molecule has 2 aromatic carbocycles. The average Bonchev–Trinajstić information content (AvgIpc) is 2.73. The summed E-state index contributed by atoms with van der Waals surface area (Å²) >= 11 is 3.33. The van der Waals surface area contributed by atoms with Gasteiger partial charge in [-0.25, -0.2) is 8.42 Å². The van der Waals surface area contributed by atoms with Crippen molar-refractivity contribution in [2.45, 2.75) is 39.8 Å². The maximum Gasteiger partial charge on any atom is 0.244 e. The Labute approximate surface area is 199 Å². The summed E-state index contributed by atoms with van der Waals surface area (Å²) in [5.41, 5.74) is 2.27. The highest BCUT2D eigenvalue weighted by Gasteiger charge is 2.29. The molecule has 0 aliphatic carbocycles. The predicted molar refractivity (Wildman–Crippen MR) is 131 cm³/mol. The largest absolute Gasteiger partial charge is 0.354 e. The van der Waals surface area contributed by atoms with E-state index in [1.54, 1.807) is 31.2 Å². The average molecular weight is 524 g/mol. The van der Waals surface area contributed by atoms with Crippen LogP contribution >= 0.6 is 15.9 Å². The maximum atomic E-state index is 13.4. The van der Waals surface area contributed by atoms with Crippen LogP contribution < -0.4 is 9.62 Å². The molecule has 0 spiro atoms. The second kappa shape index (κ2) is 11.5. The summed E-state index contributed by atoms with van der Waals surface area (Å²) in [6.45, 7) is 5.85. The van der Waals surface area contributed by atoms with Crippen LogP contribution in [0.1, 0.15) is 31.4 Å². The highest BCUT2D eigenvalue weighted by molar-refractivity contribution is 9.10. The van der Waals surface area contributed by atoms with Gasteiger partial charge in [0.15, 0.2) is 0 Å². The zero-order chi connectivity index (χ0) is 23.9. The summed E-state index contributed by atoms with van der Waals surface area (Å²) in [6, 6.07) is 13.6. The number of halogens is 1. The van der Waals surface area contributed by atoms with Crippen molar-refractivity contribution in [1.29, 1.82) is 0 Å². The van der Waals surface area contributed by atoms with Crippen molar-refractivity contribution in [3.8, 4) is 0 Å². The monoisotopic (exact) mass is 523 g/mol. The molecular formula is C23H30BrN3O4S. The van der Waals surface area contributed by atoms with Gasteiger partial charge in [0.1, 0.15) is 12.6 Å². The molecule has 0 aliphatic rings. The molecule has 0 aliphatic heterocycles. The van der Waals surface area contributed by atoms with Crippen LogP contribution in [0.25, 0.3) is 0 Å². The van der Waals surface area contributed by atoms with Crippen molar-refractivity contribution < 1.29 is 18.0 Å². The highest BCUT2D eigenvalue weighted by Crippen LogP contribution is 2.21. The number of hydrogen-bond acceptors (Lipinski definition) is 4. The summed E-state index contributed by atoms with van der Waals surface area (Å²) in [7, 11) is -3.73. The lowest BCUT2D eigenvalue weighted by Gasteiger charge is -2.31. The SMILES string of the molecule is CCCNC(=O)C(C)N(Cc1cccc(C)c1)C(=O)CN(c1ccc(Br)cc1)S(C)(=O)=O. The topological polar surface area (TPSA) is 86.8 Å². The Morgan fingerprint density at radius 1 is 1.12 bits per heavy atom. The molecule has 1 unspecified atom stereocenters. The molecular weight excluding hydrogens is 494 g/mol. The van der Waals surface area contributed by atoms with Gasteiger partial charge in [-0.3, -0.25) is 13.9 Å². The summed E-state index contributed by atoms with van der Waals surface area (Å²) in [5.74, 6) is -0.735. The number of amides is 2. The van der Waals surface area contributed by atoms with Crippen LogP contribution in [0, 0.1) is 6.92 Å². The van der Waals surface area contributed by atoms with Crippen LogP contribution in [-0.2, 0) is 26.2 Å². The normalized spacial score (nSPS) is 12.2. The Hall–Kier alpha value is -2.39. The van der Waals surface area contributed by atoms with Crippen molar-refractivity contribution in [3.63, 3.8) is 0 Å². The predicted octanol–water partition coefficient (Wildman–Crippen LogP) is 3.47. The van der Waals surface area contributed by atoms with Crippen LogP contribution in [-0.4, -0.2) is 50.5 Å². The third kappa shape index (κ3) is 7.34. The van der Waals surface area contributed by atoms with Gasteiger partial charge in [-0.15, -0.1) is 0 Å². The van der Waals surface area contributed by atoms with Gasteiger partial charge in [-0.05, 0) is 50.1 Å². The summed E-state index contributed by atoms with van der Waals surface area (Å²) < 4.78 is 26.8. The fourth-order valence-electron chi connectivity index (χ4n) is 3.21. The van der Waals surface area contributed by atoms with Gasteiger partial charge in [-0.1, -0.05) is 52.7 Å². The minimum Gasteiger partial charge on any atom is -0.354 e. The van der Waals surface area contributed by atoms with E-state index in [4.69, 9.17) is 0 Å². The number of carbonyl (C=O) groups is 2. The number of rotatable bonds is 10. The summed E-state index contributed by atoms with van der Waals surface area (Å²) in [5, 5.41) is 2.82. The quantitative estimate of drug-likeness (QED) is 0.516. The molecule has 1 atom stereocenters. The molecule has 0 fully saturated rings. The maximum absolute atomic E-state index is 13.4. The Morgan fingerprint density at radius 3 is 2.34 bits per heavy atom. The fraction of sp³-hybridized carbons (Fsp3) is 0.391. The summed E-state index contributed by atoms with van der Waals surface area (Å²) in [6.07, 6.45) is 1.83. The molecule has 0 bridgehead atoms. The molecule has 174 valence electrons. The first-order valence-electron chi connectivity index (χ1n) is 10.4. The number of nitrogens with zero attached hydrogens (tertiary/aromatic N) is 2. The lowest BCUT2D eigenvalue weighted by atomic mass is 10.1. The van der Waals surface area contributed by atoms with E-state index in [1.165, 1.54) is 4.90 Å². The van der Waals surface area contributed by atoms with Crippen molar-refractivity contribution in [2.24, 2.45) is 0 Å². The lowest BCUT2D eigenvalue weighted by molar-refractivity contribution is -0.139. The molecule has 0 aromatic heterocycles. The molecule has 0 saturated heterocycles. The third-order valence-electron chi connectivity index (χ3n) is 4.95. The molecule has 32 heavy (non-hydrogen) atoms. The number of benzene rings is 2. The van der Waals surface area contributed by atoms with Gasteiger partial charge < -0.3 is 10.2 Å². The van der Waals surface area contributed by atoms with Gasteiger partial charge in [0, 0.05) is 17.6 Å². The Balaban J connectivity index is 2.35. The molecule has 2 aromatic rings. The number of sulfonamides is 1. The molecule has 2 rings (SSSR count). The van der Waals surface area contributed by atoms with Crippen LogP contribution in [0.5, 0.6) is 0 Å². The number of hydrogen-bond donors (Lipinski definition) is 1. The van der Waals surface area contributed by atoms with Gasteiger partial charge >= 0.3 is 0 Å². The Kier molecular flexibility index (Phi) is 9.27. The molecule has 0 radical (unpaired) electrons. The van der Waals surface area contributed by atoms with E-state index in [0.717, 1.165) is 32.6 Å². The third-order valence-corrected chi connectivity index (χ3v) is 6.61. The molecule has 2 amide bonds. The first-order valence-corrected chi connectivity index (χ1v) is 13.0. The summed E-state index contributed by atoms with van der Waals surface area (Å²) in [4.78, 5) is 27.5. The van der Waals surface area contributed by atoms with E-state index < -0.39 is 28.5 Å². The molecule has 9 heteroatoms. The zero-order valence-electron chi connectivity index (χ0n) is 18.8. The molecule has 0 heterocycles. The van der Waals surface area contributed by atoms with Gasteiger partial charge in [-0.2, -0.15) is 0 Å². The second-order valence-corrected chi connectivity index (χ2v) is 10.5. The number of nitrogens with one attached hydrogen (secondary N) is 1. The van der Waals surface area contributed by atoms with Crippen LogP contribution in [0.3, 0.4) is 0 Å². The minimum absolute atomic E-state index is 0.194. The van der Waals surface area contributed by atoms with Crippen LogP contribution in [0.2, 0.25) is 0 Å². The first kappa shape index (κ1) is 25.9. The second-order valence-electron chi connectivity index (χ2n) is 7.72. The van der Waals surface area contributed by atoms with E-state index in [9.17, 15) is 18.0 Å². The molecule has 7 nitrogen and oxygen atoms in total. The zero-order valence-corrected chi connectivity index (χ0v) is 21.2. The smallest absolute Gasteiger partial charge is 0.244 e. The van der Waals surface area contributed by atoms with E-state index >= 15 is 0 Å². The minimum atomic E-state index is -3.73. The Bertz CT molecular complexity index is 1040. The lowest BCUT2D eigenvalue weighted by Crippen LogP contribution is -2.51. The van der Waals surface area contributed by atoms with E-state index in [-0.39, 0.29) is 12.5 Å². The van der Waals surface area contributed by atoms with Crippen LogP contribution in [0.15, 0.2) is 53.0 Å². The van der Waals surface area contributed by atoms with Crippen molar-refractivity contribution in [1.82, 2.24) is 10.2 Å². The van der Waals surface area contributed by atoms with Gasteiger partial charge in [0.2, 0.25) is 21.8 Å². The van der Waals surface area contributed by atoms with Crippen molar-refractivity contribution in [2.75, 3.05) is 23.7 Å². The first-order chi connectivity index (χ1) is 15.0. The Morgan fingerprint density at radius 2 is 1.78 bits per heavy atom. The molecule has 1 N–H and O–H groups in total. The number of carbonyl (C=O) groups excluding carboxylic acids is 2.